The van der Waals surface area contributed by atoms with E-state index in [9.17, 15) is 4.79 Å². The molecule has 1 N–H and O–H groups in total. The molecule has 0 aliphatic carbocycles. The van der Waals surface area contributed by atoms with Gasteiger partial charge in [0.1, 0.15) is 11.3 Å². The SMILES string of the molecule is Cc1onc2ccc(C(=O)O)cc12. The van der Waals surface area contributed by atoms with Gasteiger partial charge in [0, 0.05) is 5.39 Å². The van der Waals surface area contributed by atoms with Crippen molar-refractivity contribution in [3.05, 3.63) is 29.5 Å². The second kappa shape index (κ2) is 2.58. The van der Waals surface area contributed by atoms with E-state index in [1.54, 1.807) is 19.1 Å². The summed E-state index contributed by atoms with van der Waals surface area (Å²) in [6.07, 6.45) is 0. The van der Waals surface area contributed by atoms with E-state index in [1.165, 1.54) is 6.07 Å². The van der Waals surface area contributed by atoms with Gasteiger partial charge in [0.25, 0.3) is 0 Å². The number of carboxylic acid groups (broad SMARTS) is 1. The summed E-state index contributed by atoms with van der Waals surface area (Å²) < 4.78 is 4.91. The minimum absolute atomic E-state index is 0.249. The number of hydrogen-bond acceptors (Lipinski definition) is 3. The van der Waals surface area contributed by atoms with Crippen molar-refractivity contribution in [3.63, 3.8) is 0 Å². The molecule has 0 amide bonds. The molecule has 2 rings (SSSR count). The Hall–Kier alpha value is -1.84. The zero-order valence-electron chi connectivity index (χ0n) is 6.94. The van der Waals surface area contributed by atoms with Gasteiger partial charge in [-0.15, -0.1) is 0 Å². The molecule has 0 fully saturated rings. The molecule has 0 aliphatic heterocycles. The van der Waals surface area contributed by atoms with Gasteiger partial charge in [-0.25, -0.2) is 4.79 Å². The van der Waals surface area contributed by atoms with Gasteiger partial charge in [0.05, 0.1) is 5.56 Å². The van der Waals surface area contributed by atoms with Gasteiger partial charge < -0.3 is 9.63 Å². The number of aromatic carboxylic acids is 1. The molecule has 0 aliphatic rings. The summed E-state index contributed by atoms with van der Waals surface area (Å²) in [5.74, 6) is -0.305. The first-order valence-corrected chi connectivity index (χ1v) is 3.78. The predicted octanol–water partition coefficient (Wildman–Crippen LogP) is 1.83. The van der Waals surface area contributed by atoms with Gasteiger partial charge in [-0.05, 0) is 25.1 Å². The van der Waals surface area contributed by atoms with Crippen molar-refractivity contribution in [2.75, 3.05) is 0 Å². The fourth-order valence-corrected chi connectivity index (χ4v) is 1.20. The van der Waals surface area contributed by atoms with Gasteiger partial charge in [-0.1, -0.05) is 5.16 Å². The van der Waals surface area contributed by atoms with Crippen LogP contribution in [0.2, 0.25) is 0 Å². The minimum Gasteiger partial charge on any atom is -0.478 e. The van der Waals surface area contributed by atoms with E-state index in [2.05, 4.69) is 5.16 Å². The third-order valence-electron chi connectivity index (χ3n) is 1.90. The molecule has 0 bridgehead atoms. The fourth-order valence-electron chi connectivity index (χ4n) is 1.20. The first-order valence-electron chi connectivity index (χ1n) is 3.78. The average Bonchev–Trinajstić information content (AvgIpc) is 2.47. The van der Waals surface area contributed by atoms with Crippen LogP contribution in [0, 0.1) is 6.92 Å². The molecule has 4 heteroatoms. The Balaban J connectivity index is 2.72. The molecule has 0 atom stereocenters. The smallest absolute Gasteiger partial charge is 0.335 e. The first-order chi connectivity index (χ1) is 6.18. The van der Waals surface area contributed by atoms with Crippen LogP contribution in [0.25, 0.3) is 10.9 Å². The Morgan fingerprint density at radius 2 is 2.31 bits per heavy atom. The first kappa shape index (κ1) is 7.79. The van der Waals surface area contributed by atoms with E-state index >= 15 is 0 Å². The number of aromatic nitrogens is 1. The van der Waals surface area contributed by atoms with Crippen LogP contribution in [0.1, 0.15) is 16.1 Å². The molecule has 0 saturated heterocycles. The summed E-state index contributed by atoms with van der Waals surface area (Å²) in [4.78, 5) is 10.6. The molecule has 0 spiro atoms. The van der Waals surface area contributed by atoms with Crippen LogP contribution in [-0.4, -0.2) is 16.2 Å². The van der Waals surface area contributed by atoms with E-state index in [-0.39, 0.29) is 5.56 Å². The summed E-state index contributed by atoms with van der Waals surface area (Å²) in [6.45, 7) is 1.75. The van der Waals surface area contributed by atoms with Crippen molar-refractivity contribution in [1.29, 1.82) is 0 Å². The van der Waals surface area contributed by atoms with Gasteiger partial charge in [0.15, 0.2) is 0 Å². The Morgan fingerprint density at radius 1 is 1.54 bits per heavy atom. The Labute approximate surface area is 73.8 Å². The van der Waals surface area contributed by atoms with Gasteiger partial charge in [0.2, 0.25) is 0 Å². The van der Waals surface area contributed by atoms with E-state index in [4.69, 9.17) is 9.63 Å². The largest absolute Gasteiger partial charge is 0.478 e. The quantitative estimate of drug-likeness (QED) is 0.721. The van der Waals surface area contributed by atoms with Crippen LogP contribution in [0.15, 0.2) is 22.7 Å². The lowest BCUT2D eigenvalue weighted by Gasteiger charge is -1.92. The maximum atomic E-state index is 10.6. The summed E-state index contributed by atoms with van der Waals surface area (Å²) >= 11 is 0. The number of carbonyl (C=O) groups is 1. The highest BCUT2D eigenvalue weighted by Gasteiger charge is 2.08. The van der Waals surface area contributed by atoms with Crippen molar-refractivity contribution in [3.8, 4) is 0 Å². The molecule has 1 aromatic carbocycles. The van der Waals surface area contributed by atoms with Gasteiger partial charge >= 0.3 is 5.97 Å². The van der Waals surface area contributed by atoms with Crippen LogP contribution in [0.4, 0.5) is 0 Å². The molecule has 0 unspecified atom stereocenters. The topological polar surface area (TPSA) is 63.3 Å². The highest BCUT2D eigenvalue weighted by Crippen LogP contribution is 2.18. The fraction of sp³-hybridized carbons (Fsp3) is 0.111. The zero-order valence-corrected chi connectivity index (χ0v) is 6.94. The number of hydrogen-bond donors (Lipinski definition) is 1. The lowest BCUT2D eigenvalue weighted by atomic mass is 10.1. The van der Waals surface area contributed by atoms with Crippen molar-refractivity contribution in [2.45, 2.75) is 6.92 Å². The number of aryl methyl sites for hydroxylation is 1. The average molecular weight is 177 g/mol. The molecular formula is C9H7NO3. The highest BCUT2D eigenvalue weighted by atomic mass is 16.5. The van der Waals surface area contributed by atoms with Crippen LogP contribution >= 0.6 is 0 Å². The molecular weight excluding hydrogens is 170 g/mol. The van der Waals surface area contributed by atoms with Crippen molar-refractivity contribution >= 4 is 16.9 Å². The molecule has 0 saturated carbocycles. The maximum absolute atomic E-state index is 10.6. The molecule has 1 aromatic heterocycles. The third-order valence-corrected chi connectivity index (χ3v) is 1.90. The predicted molar refractivity (Wildman–Crippen MR) is 45.7 cm³/mol. The number of benzene rings is 1. The lowest BCUT2D eigenvalue weighted by molar-refractivity contribution is 0.0697. The molecule has 4 nitrogen and oxygen atoms in total. The number of nitrogens with zero attached hydrogens (tertiary/aromatic N) is 1. The summed E-state index contributed by atoms with van der Waals surface area (Å²) in [5, 5.41) is 13.2. The van der Waals surface area contributed by atoms with Crippen LogP contribution < -0.4 is 0 Å². The van der Waals surface area contributed by atoms with Crippen molar-refractivity contribution < 1.29 is 14.4 Å². The summed E-state index contributed by atoms with van der Waals surface area (Å²) in [7, 11) is 0. The van der Waals surface area contributed by atoms with Crippen molar-refractivity contribution in [2.24, 2.45) is 0 Å². The van der Waals surface area contributed by atoms with E-state index in [1.807, 2.05) is 0 Å². The standard InChI is InChI=1S/C9H7NO3/c1-5-7-4-6(9(11)12)2-3-8(7)10-13-5/h2-4H,1H3,(H,11,12). The Bertz CT molecular complexity index is 473. The minimum atomic E-state index is -0.942. The second-order valence-corrected chi connectivity index (χ2v) is 2.78. The second-order valence-electron chi connectivity index (χ2n) is 2.78. The van der Waals surface area contributed by atoms with Crippen LogP contribution in [-0.2, 0) is 0 Å². The van der Waals surface area contributed by atoms with Crippen LogP contribution in [0.3, 0.4) is 0 Å². The third kappa shape index (κ3) is 1.16. The monoisotopic (exact) mass is 177 g/mol. The van der Waals surface area contributed by atoms with Crippen LogP contribution in [0.5, 0.6) is 0 Å². The molecule has 13 heavy (non-hydrogen) atoms. The van der Waals surface area contributed by atoms with Gasteiger partial charge in [-0.3, -0.25) is 0 Å². The highest BCUT2D eigenvalue weighted by molar-refractivity contribution is 5.93. The lowest BCUT2D eigenvalue weighted by Crippen LogP contribution is -1.94. The summed E-state index contributed by atoms with van der Waals surface area (Å²) in [6, 6.07) is 4.70. The number of fused-ring (bicyclic) bond motifs is 1. The Kier molecular flexibility index (Phi) is 1.55. The maximum Gasteiger partial charge on any atom is 0.335 e. The number of rotatable bonds is 1. The van der Waals surface area contributed by atoms with E-state index < -0.39 is 5.97 Å². The number of carboxylic acids is 1. The molecule has 0 radical (unpaired) electrons. The van der Waals surface area contributed by atoms with E-state index in [0.717, 1.165) is 5.39 Å². The molecule has 1 heterocycles. The Morgan fingerprint density at radius 3 is 3.00 bits per heavy atom. The van der Waals surface area contributed by atoms with Crippen molar-refractivity contribution in [1.82, 2.24) is 5.16 Å². The van der Waals surface area contributed by atoms with Gasteiger partial charge in [-0.2, -0.15) is 0 Å². The normalized spacial score (nSPS) is 10.5. The zero-order chi connectivity index (χ0) is 9.42. The summed E-state index contributed by atoms with van der Waals surface area (Å²) in [5.41, 5.74) is 0.932. The molecule has 2 aromatic rings. The molecule has 66 valence electrons. The van der Waals surface area contributed by atoms with E-state index in [0.29, 0.717) is 11.3 Å².